The van der Waals surface area contributed by atoms with Gasteiger partial charge in [0.1, 0.15) is 0 Å². The number of hydrogen-bond donors (Lipinski definition) is 0. The zero-order valence-electron chi connectivity index (χ0n) is 8.24. The molecule has 0 saturated heterocycles. The van der Waals surface area contributed by atoms with Gasteiger partial charge in [-0.05, 0) is 30.6 Å². The second-order valence-corrected chi connectivity index (χ2v) is 3.02. The first kappa shape index (κ1) is 10.4. The summed E-state index contributed by atoms with van der Waals surface area (Å²) in [6.45, 7) is 0. The van der Waals surface area contributed by atoms with Crippen molar-refractivity contribution in [2.75, 3.05) is 0 Å². The molecule has 0 aliphatic heterocycles. The van der Waals surface area contributed by atoms with Gasteiger partial charge in [0.15, 0.2) is 0 Å². The van der Waals surface area contributed by atoms with E-state index in [0.717, 1.165) is 19.3 Å². The number of allylic oxidation sites excluding steroid dienone is 1. The van der Waals surface area contributed by atoms with Crippen LogP contribution in [-0.2, 0) is 0 Å². The fraction of sp³-hybridized carbons (Fsp3) is 0.214. The van der Waals surface area contributed by atoms with Crippen molar-refractivity contribution >= 4 is 6.08 Å². The molecular formula is C14H14. The van der Waals surface area contributed by atoms with Crippen LogP contribution in [0.3, 0.4) is 0 Å². The Labute approximate surface area is 86.0 Å². The van der Waals surface area contributed by atoms with Crippen molar-refractivity contribution in [1.29, 1.82) is 0 Å². The largest absolute Gasteiger partial charge is 0.125 e. The summed E-state index contributed by atoms with van der Waals surface area (Å²) in [5.41, 5.74) is 4.32. The van der Waals surface area contributed by atoms with Crippen molar-refractivity contribution in [1.82, 2.24) is 0 Å². The molecule has 14 heavy (non-hydrogen) atoms. The first-order valence-electron chi connectivity index (χ1n) is 4.83. The zero-order chi connectivity index (χ0) is 10.1. The van der Waals surface area contributed by atoms with E-state index in [4.69, 9.17) is 6.42 Å². The van der Waals surface area contributed by atoms with Crippen molar-refractivity contribution in [2.45, 2.75) is 19.3 Å². The lowest BCUT2D eigenvalue weighted by Crippen LogP contribution is -1.68. The molecule has 0 saturated carbocycles. The summed E-state index contributed by atoms with van der Waals surface area (Å²) >= 11 is 0. The molecule has 0 aromatic heterocycles. The van der Waals surface area contributed by atoms with E-state index >= 15 is 0 Å². The molecule has 0 nitrogen and oxygen atoms in total. The molecule has 0 aliphatic carbocycles. The number of benzene rings is 1. The van der Waals surface area contributed by atoms with Gasteiger partial charge in [0.25, 0.3) is 0 Å². The predicted octanol–water partition coefficient (Wildman–Crippen LogP) is 3.66. The van der Waals surface area contributed by atoms with Crippen molar-refractivity contribution < 1.29 is 0 Å². The average Bonchev–Trinajstić information content (AvgIpc) is 2.25. The summed E-state index contributed by atoms with van der Waals surface area (Å²) in [7, 11) is 0. The van der Waals surface area contributed by atoms with Crippen LogP contribution in [0.25, 0.3) is 6.08 Å². The van der Waals surface area contributed by atoms with Crippen LogP contribution < -0.4 is 0 Å². The van der Waals surface area contributed by atoms with Crippen LogP contribution in [0, 0.1) is 12.3 Å². The molecule has 70 valence electrons. The number of hydrogen-bond acceptors (Lipinski definition) is 0. The van der Waals surface area contributed by atoms with Gasteiger partial charge in [-0.1, -0.05) is 30.3 Å². The maximum Gasteiger partial charge on any atom is 0.00892 e. The smallest absolute Gasteiger partial charge is 0.00892 e. The zero-order valence-corrected chi connectivity index (χ0v) is 8.24. The predicted molar refractivity (Wildman–Crippen MR) is 61.7 cm³/mol. The quantitative estimate of drug-likeness (QED) is 0.379. The lowest BCUT2D eigenvalue weighted by molar-refractivity contribution is 0.887. The minimum absolute atomic E-state index is 0.851. The SMILES string of the molecule is C#CCCCC=C=Cc1ccccc1. The Balaban J connectivity index is 2.37. The highest BCUT2D eigenvalue weighted by molar-refractivity contribution is 5.47. The molecule has 1 rings (SSSR count). The number of terminal acetylenes is 1. The molecule has 0 atom stereocenters. The van der Waals surface area contributed by atoms with Crippen molar-refractivity contribution in [2.24, 2.45) is 0 Å². The van der Waals surface area contributed by atoms with Gasteiger partial charge < -0.3 is 0 Å². The van der Waals surface area contributed by atoms with E-state index < -0.39 is 0 Å². The highest BCUT2D eigenvalue weighted by Crippen LogP contribution is 2.00. The van der Waals surface area contributed by atoms with Gasteiger partial charge >= 0.3 is 0 Å². The second kappa shape index (κ2) is 6.78. The Bertz CT molecular complexity index is 345. The lowest BCUT2D eigenvalue weighted by atomic mass is 10.2. The fourth-order valence-corrected chi connectivity index (χ4v) is 1.09. The first-order chi connectivity index (χ1) is 6.93. The van der Waals surface area contributed by atoms with Crippen LogP contribution in [0.4, 0.5) is 0 Å². The molecule has 0 aliphatic rings. The molecule has 0 amide bonds. The summed E-state index contributed by atoms with van der Waals surface area (Å²) in [5, 5.41) is 0. The van der Waals surface area contributed by atoms with Crippen molar-refractivity contribution in [3.05, 3.63) is 47.7 Å². The Morgan fingerprint density at radius 3 is 2.71 bits per heavy atom. The molecule has 0 N–H and O–H groups in total. The Morgan fingerprint density at radius 1 is 1.21 bits per heavy atom. The second-order valence-electron chi connectivity index (χ2n) is 3.02. The lowest BCUT2D eigenvalue weighted by Gasteiger charge is -1.87. The van der Waals surface area contributed by atoms with Crippen LogP contribution in [0.15, 0.2) is 42.1 Å². The fourth-order valence-electron chi connectivity index (χ4n) is 1.09. The number of unbranched alkanes of at least 4 members (excludes halogenated alkanes) is 2. The van der Waals surface area contributed by atoms with E-state index in [1.807, 2.05) is 30.4 Å². The molecule has 0 heteroatoms. The third-order valence-corrected chi connectivity index (χ3v) is 1.84. The van der Waals surface area contributed by atoms with Crippen LogP contribution in [0.5, 0.6) is 0 Å². The number of rotatable bonds is 4. The van der Waals surface area contributed by atoms with E-state index in [1.54, 1.807) is 0 Å². The minimum Gasteiger partial charge on any atom is -0.125 e. The molecule has 0 fully saturated rings. The van der Waals surface area contributed by atoms with Gasteiger partial charge in [-0.25, -0.2) is 0 Å². The van der Waals surface area contributed by atoms with Crippen LogP contribution in [0.1, 0.15) is 24.8 Å². The standard InChI is InChI=1S/C14H14/c1-2-3-4-5-6-8-11-14-12-9-7-10-13-14/h1,6-7,9-13H,3-5H2. The summed E-state index contributed by atoms with van der Waals surface area (Å²) in [6, 6.07) is 10.2. The topological polar surface area (TPSA) is 0 Å². The summed E-state index contributed by atoms with van der Waals surface area (Å²) < 4.78 is 0. The molecule has 1 aromatic carbocycles. The van der Waals surface area contributed by atoms with Gasteiger partial charge in [0.2, 0.25) is 0 Å². The Kier molecular flexibility index (Phi) is 5.03. The monoisotopic (exact) mass is 182 g/mol. The van der Waals surface area contributed by atoms with E-state index in [0.29, 0.717) is 0 Å². The van der Waals surface area contributed by atoms with Crippen molar-refractivity contribution in [3.8, 4) is 12.3 Å². The molecule has 0 heterocycles. The van der Waals surface area contributed by atoms with Gasteiger partial charge in [0.05, 0.1) is 0 Å². The van der Waals surface area contributed by atoms with Gasteiger partial charge in [-0.15, -0.1) is 18.1 Å². The van der Waals surface area contributed by atoms with Gasteiger partial charge in [0, 0.05) is 6.42 Å². The maximum absolute atomic E-state index is 5.14. The first-order valence-corrected chi connectivity index (χ1v) is 4.83. The molecule has 0 spiro atoms. The van der Waals surface area contributed by atoms with Crippen LogP contribution in [0.2, 0.25) is 0 Å². The molecule has 0 unspecified atom stereocenters. The summed E-state index contributed by atoms with van der Waals surface area (Å²) in [6.07, 6.45) is 12.1. The summed E-state index contributed by atoms with van der Waals surface area (Å²) in [4.78, 5) is 0. The van der Waals surface area contributed by atoms with E-state index in [2.05, 4.69) is 23.8 Å². The van der Waals surface area contributed by atoms with Gasteiger partial charge in [-0.2, -0.15) is 0 Å². The maximum atomic E-state index is 5.14. The van der Waals surface area contributed by atoms with Crippen LogP contribution >= 0.6 is 0 Å². The molecule has 0 radical (unpaired) electrons. The minimum atomic E-state index is 0.851. The normalized spacial score (nSPS) is 8.50. The van der Waals surface area contributed by atoms with E-state index in [-0.39, 0.29) is 0 Å². The average molecular weight is 182 g/mol. The molecule has 0 bridgehead atoms. The Hall–Kier alpha value is -1.70. The molecular weight excluding hydrogens is 168 g/mol. The Morgan fingerprint density at radius 2 is 2.00 bits per heavy atom. The molecule has 1 aromatic rings. The highest BCUT2D eigenvalue weighted by atomic mass is 13.8. The third-order valence-electron chi connectivity index (χ3n) is 1.84. The van der Waals surface area contributed by atoms with Crippen molar-refractivity contribution in [3.63, 3.8) is 0 Å². The highest BCUT2D eigenvalue weighted by Gasteiger charge is 1.80. The third kappa shape index (κ3) is 4.36. The van der Waals surface area contributed by atoms with E-state index in [1.165, 1.54) is 5.56 Å². The van der Waals surface area contributed by atoms with Crippen LogP contribution in [-0.4, -0.2) is 0 Å². The summed E-state index contributed by atoms with van der Waals surface area (Å²) in [5.74, 6) is 2.62. The van der Waals surface area contributed by atoms with Gasteiger partial charge in [-0.3, -0.25) is 0 Å². The van der Waals surface area contributed by atoms with E-state index in [9.17, 15) is 0 Å².